The fourth-order valence-corrected chi connectivity index (χ4v) is 2.74. The van der Waals surface area contributed by atoms with Crippen molar-refractivity contribution in [3.05, 3.63) is 77.2 Å². The second-order valence-corrected chi connectivity index (χ2v) is 6.15. The van der Waals surface area contributed by atoms with Crippen molar-refractivity contribution in [2.24, 2.45) is 0 Å². The van der Waals surface area contributed by atoms with Crippen LogP contribution in [-0.2, 0) is 11.2 Å². The normalized spacial score (nSPS) is 10.4. The quantitative estimate of drug-likeness (QED) is 0.601. The molecule has 6 nitrogen and oxygen atoms in total. The first kappa shape index (κ1) is 19.3. The maximum absolute atomic E-state index is 13.7. The van der Waals surface area contributed by atoms with E-state index in [4.69, 9.17) is 4.74 Å². The van der Waals surface area contributed by atoms with E-state index in [2.05, 4.69) is 20.6 Å². The Morgan fingerprint density at radius 1 is 1.11 bits per heavy atom. The van der Waals surface area contributed by atoms with Gasteiger partial charge in [0.1, 0.15) is 11.6 Å². The minimum absolute atomic E-state index is 0.218. The maximum Gasteiger partial charge on any atom is 0.339 e. The number of nitrogens with zero attached hydrogens (tertiary/aromatic N) is 2. The molecular weight excluding hydrogens is 359 g/mol. The van der Waals surface area contributed by atoms with Crippen molar-refractivity contribution >= 4 is 23.4 Å². The summed E-state index contributed by atoms with van der Waals surface area (Å²) in [6.45, 7) is 2.37. The van der Waals surface area contributed by atoms with Crippen LogP contribution in [0, 0.1) is 12.7 Å². The molecule has 0 atom stereocenters. The van der Waals surface area contributed by atoms with Crippen molar-refractivity contribution in [1.82, 2.24) is 9.97 Å². The number of rotatable bonds is 7. The number of benzene rings is 2. The van der Waals surface area contributed by atoms with Crippen LogP contribution in [0.25, 0.3) is 0 Å². The molecule has 2 aromatic carbocycles. The molecule has 0 aliphatic rings. The Hall–Kier alpha value is -3.48. The van der Waals surface area contributed by atoms with E-state index in [0.717, 1.165) is 5.69 Å². The van der Waals surface area contributed by atoms with E-state index in [-0.39, 0.29) is 5.82 Å². The zero-order chi connectivity index (χ0) is 19.9. The number of anilines is 3. The molecule has 0 spiro atoms. The number of ether oxygens (including phenoxy) is 1. The Morgan fingerprint density at radius 2 is 1.86 bits per heavy atom. The maximum atomic E-state index is 13.7. The molecule has 3 aromatic rings. The smallest absolute Gasteiger partial charge is 0.339 e. The molecule has 0 radical (unpaired) electrons. The van der Waals surface area contributed by atoms with Crippen LogP contribution >= 0.6 is 0 Å². The highest BCUT2D eigenvalue weighted by Crippen LogP contribution is 2.21. The van der Waals surface area contributed by atoms with E-state index in [1.807, 2.05) is 13.0 Å². The lowest BCUT2D eigenvalue weighted by atomic mass is 10.1. The summed E-state index contributed by atoms with van der Waals surface area (Å²) in [6, 6.07) is 15.5. The summed E-state index contributed by atoms with van der Waals surface area (Å²) in [5, 5.41) is 6.25. The van der Waals surface area contributed by atoms with Gasteiger partial charge in [-0.1, -0.05) is 30.3 Å². The van der Waals surface area contributed by atoms with E-state index >= 15 is 0 Å². The molecule has 0 aliphatic carbocycles. The number of halogens is 1. The summed E-state index contributed by atoms with van der Waals surface area (Å²) >= 11 is 0. The molecule has 144 valence electrons. The number of nitrogens with one attached hydrogen (secondary N) is 2. The van der Waals surface area contributed by atoms with Crippen LogP contribution in [-0.4, -0.2) is 29.6 Å². The van der Waals surface area contributed by atoms with Crippen molar-refractivity contribution in [2.45, 2.75) is 13.3 Å². The standard InChI is InChI=1S/C21H21FN4O2/c1-14-13-19(23-12-11-15-7-3-5-9-17(15)22)26-21(24-14)25-18-10-6-4-8-16(18)20(27)28-2/h3-10,13H,11-12H2,1-2H3,(H2,23,24,25,26). The molecule has 1 aromatic heterocycles. The van der Waals surface area contributed by atoms with Crippen LogP contribution in [0.4, 0.5) is 21.8 Å². The molecule has 1 heterocycles. The van der Waals surface area contributed by atoms with Crippen molar-refractivity contribution in [3.63, 3.8) is 0 Å². The van der Waals surface area contributed by atoms with E-state index in [1.165, 1.54) is 13.2 Å². The second kappa shape index (κ2) is 8.94. The number of hydrogen-bond acceptors (Lipinski definition) is 6. The number of esters is 1. The Balaban J connectivity index is 1.72. The fourth-order valence-electron chi connectivity index (χ4n) is 2.74. The first-order chi connectivity index (χ1) is 13.6. The third-order valence-corrected chi connectivity index (χ3v) is 4.09. The van der Waals surface area contributed by atoms with Crippen LogP contribution in [0.1, 0.15) is 21.6 Å². The van der Waals surface area contributed by atoms with Gasteiger partial charge in [-0.25, -0.2) is 14.2 Å². The number of aryl methyl sites for hydroxylation is 1. The molecule has 0 bridgehead atoms. The SMILES string of the molecule is COC(=O)c1ccccc1Nc1nc(C)cc(NCCc2ccccc2F)n1. The lowest BCUT2D eigenvalue weighted by Crippen LogP contribution is -2.10. The minimum Gasteiger partial charge on any atom is -0.465 e. The van der Waals surface area contributed by atoms with E-state index < -0.39 is 5.97 Å². The van der Waals surface area contributed by atoms with Gasteiger partial charge in [0, 0.05) is 18.3 Å². The van der Waals surface area contributed by atoms with Gasteiger partial charge in [0.25, 0.3) is 0 Å². The van der Waals surface area contributed by atoms with Gasteiger partial charge in [-0.05, 0) is 37.1 Å². The summed E-state index contributed by atoms with van der Waals surface area (Å²) in [5.41, 5.74) is 2.34. The van der Waals surface area contributed by atoms with Crippen molar-refractivity contribution < 1.29 is 13.9 Å². The number of aromatic nitrogens is 2. The lowest BCUT2D eigenvalue weighted by Gasteiger charge is -2.12. The molecule has 0 saturated carbocycles. The largest absolute Gasteiger partial charge is 0.465 e. The molecule has 28 heavy (non-hydrogen) atoms. The second-order valence-electron chi connectivity index (χ2n) is 6.15. The highest BCUT2D eigenvalue weighted by Gasteiger charge is 2.12. The lowest BCUT2D eigenvalue weighted by molar-refractivity contribution is 0.0602. The fraction of sp³-hybridized carbons (Fsp3) is 0.190. The Bertz CT molecular complexity index is 978. The molecule has 0 amide bonds. The van der Waals surface area contributed by atoms with Crippen LogP contribution in [0.3, 0.4) is 0 Å². The Kier molecular flexibility index (Phi) is 6.16. The van der Waals surface area contributed by atoms with Gasteiger partial charge in [-0.2, -0.15) is 4.98 Å². The van der Waals surface area contributed by atoms with E-state index in [0.29, 0.717) is 41.5 Å². The molecule has 0 saturated heterocycles. The van der Waals surface area contributed by atoms with Gasteiger partial charge in [-0.15, -0.1) is 0 Å². The van der Waals surface area contributed by atoms with Crippen LogP contribution < -0.4 is 10.6 Å². The first-order valence-corrected chi connectivity index (χ1v) is 8.84. The number of carbonyl (C=O) groups is 1. The molecule has 0 aliphatic heterocycles. The molecule has 3 rings (SSSR count). The molecule has 0 fully saturated rings. The average molecular weight is 380 g/mol. The molecule has 0 unspecified atom stereocenters. The number of hydrogen-bond donors (Lipinski definition) is 2. The molecule has 2 N–H and O–H groups in total. The highest BCUT2D eigenvalue weighted by atomic mass is 19.1. The van der Waals surface area contributed by atoms with Gasteiger partial charge in [0.15, 0.2) is 0 Å². The van der Waals surface area contributed by atoms with Crippen LogP contribution in [0.5, 0.6) is 0 Å². The summed E-state index contributed by atoms with van der Waals surface area (Å²) in [7, 11) is 1.33. The van der Waals surface area contributed by atoms with E-state index in [1.54, 1.807) is 42.5 Å². The van der Waals surface area contributed by atoms with Gasteiger partial charge < -0.3 is 15.4 Å². The third kappa shape index (κ3) is 4.82. The zero-order valence-electron chi connectivity index (χ0n) is 15.7. The summed E-state index contributed by atoms with van der Waals surface area (Å²) in [6.07, 6.45) is 0.531. The van der Waals surface area contributed by atoms with Crippen molar-refractivity contribution in [3.8, 4) is 0 Å². The van der Waals surface area contributed by atoms with Crippen molar-refractivity contribution in [2.75, 3.05) is 24.3 Å². The Labute approximate surface area is 162 Å². The van der Waals surface area contributed by atoms with Crippen LogP contribution in [0.15, 0.2) is 54.6 Å². The monoisotopic (exact) mass is 380 g/mol. The molecule has 7 heteroatoms. The van der Waals surface area contributed by atoms with Gasteiger partial charge >= 0.3 is 5.97 Å². The average Bonchev–Trinajstić information content (AvgIpc) is 2.69. The van der Waals surface area contributed by atoms with Gasteiger partial charge in [-0.3, -0.25) is 0 Å². The number of carbonyl (C=O) groups excluding carboxylic acids is 1. The predicted octanol–water partition coefficient (Wildman–Crippen LogP) is 4.11. The van der Waals surface area contributed by atoms with Gasteiger partial charge in [0.05, 0.1) is 18.4 Å². The molecular formula is C21H21FN4O2. The first-order valence-electron chi connectivity index (χ1n) is 8.84. The zero-order valence-corrected chi connectivity index (χ0v) is 15.7. The number of para-hydroxylation sites is 1. The third-order valence-electron chi connectivity index (χ3n) is 4.09. The summed E-state index contributed by atoms with van der Waals surface area (Å²) < 4.78 is 18.5. The van der Waals surface area contributed by atoms with E-state index in [9.17, 15) is 9.18 Å². The van der Waals surface area contributed by atoms with Gasteiger partial charge in [0.2, 0.25) is 5.95 Å². The predicted molar refractivity (Wildman–Crippen MR) is 106 cm³/mol. The highest BCUT2D eigenvalue weighted by molar-refractivity contribution is 5.96. The number of methoxy groups -OCH3 is 1. The Morgan fingerprint density at radius 3 is 2.64 bits per heavy atom. The summed E-state index contributed by atoms with van der Waals surface area (Å²) in [4.78, 5) is 20.7. The van der Waals surface area contributed by atoms with Crippen molar-refractivity contribution in [1.29, 1.82) is 0 Å². The minimum atomic E-state index is -0.445. The summed E-state index contributed by atoms with van der Waals surface area (Å²) in [5.74, 6) is 0.301. The van der Waals surface area contributed by atoms with Crippen LogP contribution in [0.2, 0.25) is 0 Å². The topological polar surface area (TPSA) is 76.1 Å².